The van der Waals surface area contributed by atoms with Crippen LogP contribution in [0.5, 0.6) is 11.5 Å². The highest BCUT2D eigenvalue weighted by molar-refractivity contribution is 6.04. The molecule has 5 nitrogen and oxygen atoms in total. The van der Waals surface area contributed by atoms with Crippen LogP contribution in [0, 0.1) is 0 Å². The van der Waals surface area contributed by atoms with E-state index in [0.717, 1.165) is 17.8 Å². The fourth-order valence-corrected chi connectivity index (χ4v) is 2.40. The Morgan fingerprint density at radius 2 is 1.92 bits per heavy atom. The molecule has 0 atom stereocenters. The molecular formula is C19H24N2O3. The maximum atomic E-state index is 12.5. The molecule has 0 aromatic heterocycles. The van der Waals surface area contributed by atoms with Gasteiger partial charge < -0.3 is 19.7 Å². The number of hydrogen-bond donors (Lipinski definition) is 1. The predicted octanol–water partition coefficient (Wildman–Crippen LogP) is 3.41. The normalized spacial score (nSPS) is 10.5. The third kappa shape index (κ3) is 4.73. The van der Waals surface area contributed by atoms with Gasteiger partial charge in [0.15, 0.2) is 11.5 Å². The molecule has 0 heterocycles. The molecule has 2 rings (SSSR count). The second-order valence-corrected chi connectivity index (χ2v) is 5.69. The summed E-state index contributed by atoms with van der Waals surface area (Å²) in [6.45, 7) is 3.27. The van der Waals surface area contributed by atoms with Crippen LogP contribution in [0.1, 0.15) is 22.8 Å². The maximum Gasteiger partial charge on any atom is 0.255 e. The number of hydrogen-bond acceptors (Lipinski definition) is 4. The predicted molar refractivity (Wildman–Crippen MR) is 95.9 cm³/mol. The molecule has 0 saturated heterocycles. The Morgan fingerprint density at radius 3 is 2.58 bits per heavy atom. The monoisotopic (exact) mass is 328 g/mol. The average Bonchev–Trinajstić information content (AvgIpc) is 2.55. The highest BCUT2D eigenvalue weighted by Gasteiger charge is 2.11. The standard InChI is InChI=1S/C19H24N2O3/c1-5-24-17-10-9-15(12-18(17)23-4)19(22)20-16-8-6-7-14(11-16)13-21(2)3/h6-12H,5,13H2,1-4H3,(H,20,22). The molecule has 0 aliphatic carbocycles. The highest BCUT2D eigenvalue weighted by atomic mass is 16.5. The number of amides is 1. The molecule has 0 aliphatic heterocycles. The first kappa shape index (κ1) is 17.8. The van der Waals surface area contributed by atoms with E-state index in [-0.39, 0.29) is 5.91 Å². The molecule has 128 valence electrons. The summed E-state index contributed by atoms with van der Waals surface area (Å²) in [7, 11) is 5.58. The lowest BCUT2D eigenvalue weighted by Crippen LogP contribution is -2.14. The molecule has 2 aromatic carbocycles. The van der Waals surface area contributed by atoms with Gasteiger partial charge in [-0.25, -0.2) is 0 Å². The van der Waals surface area contributed by atoms with Crippen LogP contribution in [0.15, 0.2) is 42.5 Å². The van der Waals surface area contributed by atoms with Crippen LogP contribution in [0.4, 0.5) is 5.69 Å². The first-order valence-corrected chi connectivity index (χ1v) is 7.89. The van der Waals surface area contributed by atoms with Crippen LogP contribution >= 0.6 is 0 Å². The van der Waals surface area contributed by atoms with E-state index in [1.807, 2.05) is 45.3 Å². The lowest BCUT2D eigenvalue weighted by molar-refractivity contribution is 0.102. The van der Waals surface area contributed by atoms with E-state index in [4.69, 9.17) is 9.47 Å². The van der Waals surface area contributed by atoms with E-state index in [0.29, 0.717) is 23.7 Å². The van der Waals surface area contributed by atoms with Crippen LogP contribution in [0.25, 0.3) is 0 Å². The minimum Gasteiger partial charge on any atom is -0.493 e. The average molecular weight is 328 g/mol. The number of nitrogens with zero attached hydrogens (tertiary/aromatic N) is 1. The lowest BCUT2D eigenvalue weighted by atomic mass is 10.1. The Labute approximate surface area is 143 Å². The van der Waals surface area contributed by atoms with Crippen LogP contribution in [-0.2, 0) is 6.54 Å². The summed E-state index contributed by atoms with van der Waals surface area (Å²) in [6.07, 6.45) is 0. The Balaban J connectivity index is 2.15. The molecule has 0 saturated carbocycles. The molecular weight excluding hydrogens is 304 g/mol. The molecule has 0 fully saturated rings. The zero-order valence-corrected chi connectivity index (χ0v) is 14.6. The van der Waals surface area contributed by atoms with Crippen molar-refractivity contribution in [2.24, 2.45) is 0 Å². The van der Waals surface area contributed by atoms with Crippen molar-refractivity contribution in [2.75, 3.05) is 33.1 Å². The lowest BCUT2D eigenvalue weighted by Gasteiger charge is -2.13. The number of carbonyl (C=O) groups excluding carboxylic acids is 1. The largest absolute Gasteiger partial charge is 0.493 e. The molecule has 1 amide bonds. The first-order chi connectivity index (χ1) is 11.5. The van der Waals surface area contributed by atoms with E-state index >= 15 is 0 Å². The fraction of sp³-hybridized carbons (Fsp3) is 0.316. The number of nitrogens with one attached hydrogen (secondary N) is 1. The third-order valence-corrected chi connectivity index (χ3v) is 3.41. The second-order valence-electron chi connectivity index (χ2n) is 5.69. The van der Waals surface area contributed by atoms with Gasteiger partial charge in [-0.1, -0.05) is 12.1 Å². The van der Waals surface area contributed by atoms with Gasteiger partial charge in [0.05, 0.1) is 13.7 Å². The van der Waals surface area contributed by atoms with Gasteiger partial charge in [-0.15, -0.1) is 0 Å². The van der Waals surface area contributed by atoms with Gasteiger partial charge in [0.25, 0.3) is 5.91 Å². The van der Waals surface area contributed by atoms with Crippen LogP contribution in [0.3, 0.4) is 0 Å². The van der Waals surface area contributed by atoms with Gasteiger partial charge >= 0.3 is 0 Å². The van der Waals surface area contributed by atoms with Crippen LogP contribution in [0.2, 0.25) is 0 Å². The van der Waals surface area contributed by atoms with E-state index in [1.165, 1.54) is 0 Å². The van der Waals surface area contributed by atoms with Gasteiger partial charge in [-0.2, -0.15) is 0 Å². The molecule has 0 radical (unpaired) electrons. The van der Waals surface area contributed by atoms with Gasteiger partial charge in [0, 0.05) is 17.8 Å². The van der Waals surface area contributed by atoms with Crippen molar-refractivity contribution in [3.05, 3.63) is 53.6 Å². The summed E-state index contributed by atoms with van der Waals surface area (Å²) >= 11 is 0. The summed E-state index contributed by atoms with van der Waals surface area (Å²) in [5, 5.41) is 2.92. The van der Waals surface area contributed by atoms with Crippen molar-refractivity contribution in [1.82, 2.24) is 4.90 Å². The SMILES string of the molecule is CCOc1ccc(C(=O)Nc2cccc(CN(C)C)c2)cc1OC. The Hall–Kier alpha value is -2.53. The smallest absolute Gasteiger partial charge is 0.255 e. The summed E-state index contributed by atoms with van der Waals surface area (Å²) in [6, 6.07) is 13.0. The number of carbonyl (C=O) groups is 1. The van der Waals surface area contributed by atoms with Gasteiger partial charge in [-0.05, 0) is 56.9 Å². The van der Waals surface area contributed by atoms with E-state index in [9.17, 15) is 4.79 Å². The van der Waals surface area contributed by atoms with Crippen molar-refractivity contribution in [3.63, 3.8) is 0 Å². The minimum atomic E-state index is -0.182. The molecule has 0 bridgehead atoms. The summed E-state index contributed by atoms with van der Waals surface area (Å²) in [4.78, 5) is 14.5. The number of benzene rings is 2. The first-order valence-electron chi connectivity index (χ1n) is 7.89. The fourth-order valence-electron chi connectivity index (χ4n) is 2.40. The molecule has 24 heavy (non-hydrogen) atoms. The summed E-state index contributed by atoms with van der Waals surface area (Å²) < 4.78 is 10.8. The summed E-state index contributed by atoms with van der Waals surface area (Å²) in [5.74, 6) is 0.994. The Morgan fingerprint density at radius 1 is 1.12 bits per heavy atom. The van der Waals surface area contributed by atoms with E-state index in [1.54, 1.807) is 25.3 Å². The van der Waals surface area contributed by atoms with Gasteiger partial charge in [0.1, 0.15) is 0 Å². The Kier molecular flexibility index (Phi) is 6.21. The quantitative estimate of drug-likeness (QED) is 0.846. The number of anilines is 1. The maximum absolute atomic E-state index is 12.5. The molecule has 2 aromatic rings. The topological polar surface area (TPSA) is 50.8 Å². The number of methoxy groups -OCH3 is 1. The third-order valence-electron chi connectivity index (χ3n) is 3.41. The van der Waals surface area contributed by atoms with Crippen molar-refractivity contribution < 1.29 is 14.3 Å². The molecule has 1 N–H and O–H groups in total. The molecule has 0 unspecified atom stereocenters. The molecule has 5 heteroatoms. The van der Waals surface area contributed by atoms with Crippen LogP contribution in [-0.4, -0.2) is 38.6 Å². The highest BCUT2D eigenvalue weighted by Crippen LogP contribution is 2.28. The van der Waals surface area contributed by atoms with Crippen LogP contribution < -0.4 is 14.8 Å². The summed E-state index contributed by atoms with van der Waals surface area (Å²) in [5.41, 5.74) is 2.43. The minimum absolute atomic E-state index is 0.182. The Bertz CT molecular complexity index is 699. The second kappa shape index (κ2) is 8.36. The number of rotatable bonds is 7. The van der Waals surface area contributed by atoms with Crippen molar-refractivity contribution in [2.45, 2.75) is 13.5 Å². The number of ether oxygens (including phenoxy) is 2. The molecule has 0 spiro atoms. The zero-order chi connectivity index (χ0) is 17.5. The van der Waals surface area contributed by atoms with Gasteiger partial charge in [-0.3, -0.25) is 4.79 Å². The molecule has 0 aliphatic rings. The van der Waals surface area contributed by atoms with Crippen molar-refractivity contribution >= 4 is 11.6 Å². The van der Waals surface area contributed by atoms with E-state index < -0.39 is 0 Å². The van der Waals surface area contributed by atoms with Gasteiger partial charge in [0.2, 0.25) is 0 Å². The van der Waals surface area contributed by atoms with Crippen molar-refractivity contribution in [3.8, 4) is 11.5 Å². The van der Waals surface area contributed by atoms with E-state index in [2.05, 4.69) is 10.2 Å². The zero-order valence-electron chi connectivity index (χ0n) is 14.6. The van der Waals surface area contributed by atoms with Crippen molar-refractivity contribution in [1.29, 1.82) is 0 Å².